The molecule has 6 nitrogen and oxygen atoms in total. The standard InChI is InChI=1S/C19H19N3O3/c1-2-25-19(24)14-6-8-15(9-7-14)21-18(23)11-10-17-20-13-16-5-3-4-12-22(16)17/h3-9,12-13H,2,10-11H2,1H3,(H,21,23). The molecule has 0 unspecified atom stereocenters. The lowest BCUT2D eigenvalue weighted by Crippen LogP contribution is -2.13. The van der Waals surface area contributed by atoms with Gasteiger partial charge >= 0.3 is 5.97 Å². The molecule has 0 spiro atoms. The molecule has 0 saturated heterocycles. The smallest absolute Gasteiger partial charge is 0.338 e. The summed E-state index contributed by atoms with van der Waals surface area (Å²) in [6, 6.07) is 12.5. The summed E-state index contributed by atoms with van der Waals surface area (Å²) in [5.41, 5.74) is 2.11. The molecule has 128 valence electrons. The highest BCUT2D eigenvalue weighted by Crippen LogP contribution is 2.12. The second-order valence-corrected chi connectivity index (χ2v) is 5.52. The minimum absolute atomic E-state index is 0.100. The van der Waals surface area contributed by atoms with E-state index in [1.807, 2.05) is 28.8 Å². The summed E-state index contributed by atoms with van der Waals surface area (Å²) in [5.74, 6) is 0.381. The van der Waals surface area contributed by atoms with Crippen LogP contribution in [0.2, 0.25) is 0 Å². The van der Waals surface area contributed by atoms with Crippen LogP contribution in [0.15, 0.2) is 54.9 Å². The van der Waals surface area contributed by atoms with Crippen LogP contribution < -0.4 is 5.32 Å². The van der Waals surface area contributed by atoms with Crippen LogP contribution in [0.4, 0.5) is 5.69 Å². The minimum Gasteiger partial charge on any atom is -0.462 e. The van der Waals surface area contributed by atoms with Crippen LogP contribution in [0.3, 0.4) is 0 Å². The summed E-state index contributed by atoms with van der Waals surface area (Å²) in [6.07, 6.45) is 4.60. The van der Waals surface area contributed by atoms with E-state index in [-0.39, 0.29) is 11.9 Å². The molecule has 2 aromatic heterocycles. The van der Waals surface area contributed by atoms with Gasteiger partial charge in [-0.3, -0.25) is 4.79 Å². The molecule has 1 amide bonds. The first kappa shape index (κ1) is 16.7. The van der Waals surface area contributed by atoms with Gasteiger partial charge in [-0.15, -0.1) is 0 Å². The van der Waals surface area contributed by atoms with Gasteiger partial charge in [0.15, 0.2) is 0 Å². The maximum Gasteiger partial charge on any atom is 0.338 e. The van der Waals surface area contributed by atoms with E-state index in [0.717, 1.165) is 11.3 Å². The van der Waals surface area contributed by atoms with Crippen LogP contribution in [0.5, 0.6) is 0 Å². The zero-order valence-electron chi connectivity index (χ0n) is 13.9. The number of carbonyl (C=O) groups excluding carboxylic acids is 2. The third kappa shape index (κ3) is 4.03. The third-order valence-corrected chi connectivity index (χ3v) is 3.77. The topological polar surface area (TPSA) is 72.7 Å². The number of benzene rings is 1. The van der Waals surface area contributed by atoms with Gasteiger partial charge < -0.3 is 14.5 Å². The number of esters is 1. The van der Waals surface area contributed by atoms with Crippen LogP contribution in [-0.4, -0.2) is 27.9 Å². The van der Waals surface area contributed by atoms with Crippen LogP contribution in [-0.2, 0) is 16.0 Å². The predicted molar refractivity (Wildman–Crippen MR) is 94.5 cm³/mol. The van der Waals surface area contributed by atoms with Gasteiger partial charge in [0.2, 0.25) is 5.91 Å². The van der Waals surface area contributed by atoms with Crippen LogP contribution >= 0.6 is 0 Å². The van der Waals surface area contributed by atoms with Crippen molar-refractivity contribution in [2.75, 3.05) is 11.9 Å². The monoisotopic (exact) mass is 337 g/mol. The Balaban J connectivity index is 1.56. The van der Waals surface area contributed by atoms with Crippen molar-refractivity contribution >= 4 is 23.1 Å². The molecule has 0 aliphatic rings. The molecule has 0 bridgehead atoms. The lowest BCUT2D eigenvalue weighted by Gasteiger charge is -2.06. The number of anilines is 1. The number of rotatable bonds is 6. The molecule has 6 heteroatoms. The number of fused-ring (bicyclic) bond motifs is 1. The Hall–Kier alpha value is -3.15. The normalized spacial score (nSPS) is 10.6. The SMILES string of the molecule is CCOC(=O)c1ccc(NC(=O)CCc2ncc3ccccn23)cc1. The summed E-state index contributed by atoms with van der Waals surface area (Å²) < 4.78 is 6.90. The molecule has 0 radical (unpaired) electrons. The molecular formula is C19H19N3O3. The first-order valence-corrected chi connectivity index (χ1v) is 8.15. The van der Waals surface area contributed by atoms with Crippen molar-refractivity contribution in [3.05, 3.63) is 66.2 Å². The Bertz CT molecular complexity index is 884. The molecule has 0 aliphatic heterocycles. The quantitative estimate of drug-likeness (QED) is 0.702. The second kappa shape index (κ2) is 7.61. The van der Waals surface area contributed by atoms with E-state index in [4.69, 9.17) is 4.74 Å². The van der Waals surface area contributed by atoms with Crippen molar-refractivity contribution in [2.24, 2.45) is 0 Å². The third-order valence-electron chi connectivity index (χ3n) is 3.77. The van der Waals surface area contributed by atoms with Gasteiger partial charge in [-0.25, -0.2) is 9.78 Å². The first-order valence-electron chi connectivity index (χ1n) is 8.15. The van der Waals surface area contributed by atoms with Crippen molar-refractivity contribution in [2.45, 2.75) is 19.8 Å². The fourth-order valence-electron chi connectivity index (χ4n) is 2.54. The Labute approximate surface area is 145 Å². The number of amides is 1. The summed E-state index contributed by atoms with van der Waals surface area (Å²) in [6.45, 7) is 2.09. The lowest BCUT2D eigenvalue weighted by molar-refractivity contribution is -0.116. The van der Waals surface area contributed by atoms with E-state index in [1.54, 1.807) is 37.4 Å². The summed E-state index contributed by atoms with van der Waals surface area (Å²) in [7, 11) is 0. The van der Waals surface area contributed by atoms with E-state index in [1.165, 1.54) is 0 Å². The van der Waals surface area contributed by atoms with Crippen LogP contribution in [0.25, 0.3) is 5.52 Å². The number of ether oxygens (including phenoxy) is 1. The van der Waals surface area contributed by atoms with Crippen molar-refractivity contribution in [1.29, 1.82) is 0 Å². The maximum absolute atomic E-state index is 12.1. The van der Waals surface area contributed by atoms with E-state index in [2.05, 4.69) is 10.3 Å². The molecule has 0 aliphatic carbocycles. The first-order chi connectivity index (χ1) is 12.2. The number of nitrogens with zero attached hydrogens (tertiary/aromatic N) is 2. The van der Waals surface area contributed by atoms with E-state index in [0.29, 0.717) is 30.7 Å². The lowest BCUT2D eigenvalue weighted by atomic mass is 10.2. The van der Waals surface area contributed by atoms with E-state index < -0.39 is 0 Å². The molecule has 1 aromatic carbocycles. The second-order valence-electron chi connectivity index (χ2n) is 5.52. The number of imidazole rings is 1. The van der Waals surface area contributed by atoms with Gasteiger partial charge in [0.1, 0.15) is 5.82 Å². The highest BCUT2D eigenvalue weighted by atomic mass is 16.5. The van der Waals surface area contributed by atoms with Gasteiger partial charge in [0.05, 0.1) is 23.9 Å². The molecule has 2 heterocycles. The van der Waals surface area contributed by atoms with Gasteiger partial charge in [0, 0.05) is 24.7 Å². The van der Waals surface area contributed by atoms with Gasteiger partial charge in [-0.1, -0.05) is 6.07 Å². The molecule has 0 fully saturated rings. The van der Waals surface area contributed by atoms with E-state index >= 15 is 0 Å². The molecule has 0 saturated carbocycles. The number of aromatic nitrogens is 2. The zero-order valence-corrected chi connectivity index (χ0v) is 13.9. The molecule has 1 N–H and O–H groups in total. The number of hydrogen-bond acceptors (Lipinski definition) is 4. The fourth-order valence-corrected chi connectivity index (χ4v) is 2.54. The van der Waals surface area contributed by atoms with Gasteiger partial charge in [-0.05, 0) is 43.3 Å². The average Bonchev–Trinajstić information content (AvgIpc) is 3.04. The Morgan fingerprint density at radius 3 is 2.72 bits per heavy atom. The summed E-state index contributed by atoms with van der Waals surface area (Å²) in [4.78, 5) is 28.1. The summed E-state index contributed by atoms with van der Waals surface area (Å²) in [5, 5.41) is 2.82. The number of hydrogen-bond donors (Lipinski definition) is 1. The Morgan fingerprint density at radius 2 is 1.96 bits per heavy atom. The van der Waals surface area contributed by atoms with Gasteiger partial charge in [0.25, 0.3) is 0 Å². The maximum atomic E-state index is 12.1. The molecular weight excluding hydrogens is 318 g/mol. The van der Waals surface area contributed by atoms with Crippen molar-refractivity contribution < 1.29 is 14.3 Å². The largest absolute Gasteiger partial charge is 0.462 e. The number of nitrogens with one attached hydrogen (secondary N) is 1. The predicted octanol–water partition coefficient (Wildman–Crippen LogP) is 3.08. The van der Waals surface area contributed by atoms with Gasteiger partial charge in [-0.2, -0.15) is 0 Å². The van der Waals surface area contributed by atoms with Crippen molar-refractivity contribution in [3.8, 4) is 0 Å². The number of aryl methyl sites for hydroxylation is 1. The van der Waals surface area contributed by atoms with Crippen LogP contribution in [0, 0.1) is 0 Å². The minimum atomic E-state index is -0.369. The zero-order chi connectivity index (χ0) is 17.6. The molecule has 0 atom stereocenters. The molecule has 3 rings (SSSR count). The Morgan fingerprint density at radius 1 is 1.16 bits per heavy atom. The number of pyridine rings is 1. The molecule has 3 aromatic rings. The fraction of sp³-hybridized carbons (Fsp3) is 0.211. The summed E-state index contributed by atoms with van der Waals surface area (Å²) >= 11 is 0. The average molecular weight is 337 g/mol. The highest BCUT2D eigenvalue weighted by molar-refractivity contribution is 5.93. The highest BCUT2D eigenvalue weighted by Gasteiger charge is 2.09. The van der Waals surface area contributed by atoms with Crippen molar-refractivity contribution in [3.63, 3.8) is 0 Å². The Kier molecular flexibility index (Phi) is 5.09. The van der Waals surface area contributed by atoms with E-state index in [9.17, 15) is 9.59 Å². The van der Waals surface area contributed by atoms with Crippen molar-refractivity contribution in [1.82, 2.24) is 9.38 Å². The van der Waals surface area contributed by atoms with Crippen LogP contribution in [0.1, 0.15) is 29.5 Å². The number of carbonyl (C=O) groups is 2. The molecule has 25 heavy (non-hydrogen) atoms.